The summed E-state index contributed by atoms with van der Waals surface area (Å²) in [6.07, 6.45) is 4.15. The molecule has 2 rings (SSSR count). The summed E-state index contributed by atoms with van der Waals surface area (Å²) in [5.74, 6) is -2.44. The zero-order valence-corrected chi connectivity index (χ0v) is 12.6. The van der Waals surface area contributed by atoms with E-state index in [2.05, 4.69) is 21.2 Å². The van der Waals surface area contributed by atoms with Crippen molar-refractivity contribution in [2.45, 2.75) is 13.3 Å². The summed E-state index contributed by atoms with van der Waals surface area (Å²) >= 11 is 3.33. The van der Waals surface area contributed by atoms with Gasteiger partial charge in [-0.2, -0.15) is 0 Å². The third kappa shape index (κ3) is 3.28. The number of hydrogen-bond donors (Lipinski definition) is 2. The lowest BCUT2D eigenvalue weighted by atomic mass is 9.76. The number of hydrogen-bond acceptors (Lipinski definition) is 2. The number of halogens is 1. The zero-order chi connectivity index (χ0) is 14.7. The van der Waals surface area contributed by atoms with Crippen LogP contribution in [-0.2, 0) is 9.59 Å². The first-order valence-corrected chi connectivity index (χ1v) is 7.24. The molecule has 3 atom stereocenters. The minimum atomic E-state index is -0.919. The highest BCUT2D eigenvalue weighted by Crippen LogP contribution is 2.31. The number of carboxylic acids is 1. The van der Waals surface area contributed by atoms with Crippen LogP contribution in [0.5, 0.6) is 0 Å². The van der Waals surface area contributed by atoms with E-state index in [1.165, 1.54) is 0 Å². The van der Waals surface area contributed by atoms with Crippen molar-refractivity contribution in [3.05, 3.63) is 40.9 Å². The Morgan fingerprint density at radius 2 is 1.95 bits per heavy atom. The molecule has 5 heteroatoms. The summed E-state index contributed by atoms with van der Waals surface area (Å²) in [6.45, 7) is 1.87. The van der Waals surface area contributed by atoms with Crippen LogP contribution in [0.2, 0.25) is 0 Å². The lowest BCUT2D eigenvalue weighted by molar-refractivity contribution is -0.147. The normalized spacial score (nSPS) is 25.2. The number of carbonyl (C=O) groups is 2. The van der Waals surface area contributed by atoms with Gasteiger partial charge >= 0.3 is 5.97 Å². The first-order valence-electron chi connectivity index (χ1n) is 6.45. The molecule has 106 valence electrons. The Morgan fingerprint density at radius 3 is 2.55 bits per heavy atom. The number of amides is 1. The second-order valence-corrected chi connectivity index (χ2v) is 5.91. The minimum absolute atomic E-state index is 0.0831. The van der Waals surface area contributed by atoms with Gasteiger partial charge in [-0.25, -0.2) is 0 Å². The number of anilines is 1. The molecule has 0 saturated heterocycles. The van der Waals surface area contributed by atoms with Crippen LogP contribution in [0.15, 0.2) is 40.9 Å². The number of nitrogens with one attached hydrogen (secondary N) is 1. The second-order valence-electron chi connectivity index (χ2n) is 4.99. The quantitative estimate of drug-likeness (QED) is 0.831. The largest absolute Gasteiger partial charge is 0.481 e. The molecule has 1 aromatic rings. The van der Waals surface area contributed by atoms with Crippen LogP contribution in [0, 0.1) is 17.8 Å². The molecule has 20 heavy (non-hydrogen) atoms. The number of rotatable bonds is 3. The van der Waals surface area contributed by atoms with Crippen molar-refractivity contribution < 1.29 is 14.7 Å². The summed E-state index contributed by atoms with van der Waals surface area (Å²) < 4.78 is 0.924. The molecule has 2 N–H and O–H groups in total. The van der Waals surface area contributed by atoms with E-state index >= 15 is 0 Å². The third-order valence-electron chi connectivity index (χ3n) is 3.56. The number of carboxylic acid groups (broad SMARTS) is 1. The van der Waals surface area contributed by atoms with E-state index in [1.807, 2.05) is 31.2 Å². The van der Waals surface area contributed by atoms with Crippen LogP contribution in [0.1, 0.15) is 13.3 Å². The first-order chi connectivity index (χ1) is 9.49. The van der Waals surface area contributed by atoms with Gasteiger partial charge in [-0.1, -0.05) is 35.0 Å². The molecule has 3 unspecified atom stereocenters. The molecule has 0 aliphatic heterocycles. The van der Waals surface area contributed by atoms with Gasteiger partial charge in [0.2, 0.25) is 5.91 Å². The Hall–Kier alpha value is -1.62. The number of carbonyl (C=O) groups excluding carboxylic acids is 1. The van der Waals surface area contributed by atoms with Crippen LogP contribution in [0.4, 0.5) is 5.69 Å². The minimum Gasteiger partial charge on any atom is -0.481 e. The van der Waals surface area contributed by atoms with Gasteiger partial charge in [-0.3, -0.25) is 9.59 Å². The van der Waals surface area contributed by atoms with Crippen LogP contribution in [0.3, 0.4) is 0 Å². The van der Waals surface area contributed by atoms with E-state index in [1.54, 1.807) is 12.1 Å². The van der Waals surface area contributed by atoms with Crippen LogP contribution < -0.4 is 5.32 Å². The molecule has 1 aliphatic carbocycles. The van der Waals surface area contributed by atoms with Gasteiger partial charge in [0.1, 0.15) is 0 Å². The van der Waals surface area contributed by atoms with Gasteiger partial charge < -0.3 is 10.4 Å². The summed E-state index contributed by atoms with van der Waals surface area (Å²) in [7, 11) is 0. The lowest BCUT2D eigenvalue weighted by Gasteiger charge is -2.29. The summed E-state index contributed by atoms with van der Waals surface area (Å²) in [5, 5.41) is 12.1. The van der Waals surface area contributed by atoms with Gasteiger partial charge in [-0.05, 0) is 36.6 Å². The van der Waals surface area contributed by atoms with Crippen molar-refractivity contribution in [3.63, 3.8) is 0 Å². The van der Waals surface area contributed by atoms with Crippen molar-refractivity contribution in [2.24, 2.45) is 17.8 Å². The van der Waals surface area contributed by atoms with Crippen molar-refractivity contribution in [2.75, 3.05) is 5.32 Å². The molecule has 0 aromatic heterocycles. The SMILES string of the molecule is CC1C=CCC(C(=O)O)C1C(=O)Nc1ccc(Br)cc1. The predicted octanol–water partition coefficient (Wildman–Crippen LogP) is 3.30. The van der Waals surface area contributed by atoms with Crippen molar-refractivity contribution in [1.29, 1.82) is 0 Å². The molecule has 0 radical (unpaired) electrons. The Kier molecular flexibility index (Phi) is 4.60. The van der Waals surface area contributed by atoms with Crippen molar-refractivity contribution in [1.82, 2.24) is 0 Å². The first kappa shape index (κ1) is 14.8. The Morgan fingerprint density at radius 1 is 1.30 bits per heavy atom. The number of allylic oxidation sites excluding steroid dienone is 2. The van der Waals surface area contributed by atoms with Crippen molar-refractivity contribution >= 4 is 33.5 Å². The van der Waals surface area contributed by atoms with Gasteiger partial charge in [0.15, 0.2) is 0 Å². The Balaban J connectivity index is 2.15. The monoisotopic (exact) mass is 337 g/mol. The van der Waals surface area contributed by atoms with Gasteiger partial charge in [0, 0.05) is 10.2 Å². The van der Waals surface area contributed by atoms with Crippen molar-refractivity contribution in [3.8, 4) is 0 Å². The topological polar surface area (TPSA) is 66.4 Å². The molecule has 0 saturated carbocycles. The number of benzene rings is 1. The molecule has 0 spiro atoms. The standard InChI is InChI=1S/C15H16BrNO3/c1-9-3-2-4-12(15(19)20)13(9)14(18)17-11-7-5-10(16)6-8-11/h2-3,5-9,12-13H,4H2,1H3,(H,17,18)(H,19,20). The van der Waals surface area contributed by atoms with E-state index in [0.29, 0.717) is 12.1 Å². The molecule has 0 fully saturated rings. The highest BCUT2D eigenvalue weighted by atomic mass is 79.9. The van der Waals surface area contributed by atoms with E-state index in [4.69, 9.17) is 0 Å². The van der Waals surface area contributed by atoms with E-state index in [0.717, 1.165) is 4.47 Å². The molecule has 1 aromatic carbocycles. The highest BCUT2D eigenvalue weighted by Gasteiger charge is 2.38. The maximum atomic E-state index is 12.4. The molecule has 1 amide bonds. The van der Waals surface area contributed by atoms with E-state index in [9.17, 15) is 14.7 Å². The predicted molar refractivity (Wildman–Crippen MR) is 80.3 cm³/mol. The molecular formula is C15H16BrNO3. The van der Waals surface area contributed by atoms with Gasteiger partial charge in [-0.15, -0.1) is 0 Å². The Labute approximate surface area is 126 Å². The smallest absolute Gasteiger partial charge is 0.307 e. The van der Waals surface area contributed by atoms with Gasteiger partial charge in [0.25, 0.3) is 0 Å². The van der Waals surface area contributed by atoms with Crippen LogP contribution >= 0.6 is 15.9 Å². The van der Waals surface area contributed by atoms with Crippen LogP contribution in [0.25, 0.3) is 0 Å². The molecular weight excluding hydrogens is 322 g/mol. The average Bonchev–Trinajstić information content (AvgIpc) is 2.40. The van der Waals surface area contributed by atoms with Crippen LogP contribution in [-0.4, -0.2) is 17.0 Å². The second kappa shape index (κ2) is 6.22. The molecule has 4 nitrogen and oxygen atoms in total. The summed E-state index contributed by atoms with van der Waals surface area (Å²) in [6, 6.07) is 7.21. The maximum absolute atomic E-state index is 12.4. The Bertz CT molecular complexity index is 539. The molecule has 1 aliphatic rings. The number of aliphatic carboxylic acids is 1. The highest BCUT2D eigenvalue weighted by molar-refractivity contribution is 9.10. The van der Waals surface area contributed by atoms with E-state index in [-0.39, 0.29) is 11.8 Å². The fourth-order valence-corrected chi connectivity index (χ4v) is 2.77. The maximum Gasteiger partial charge on any atom is 0.307 e. The fourth-order valence-electron chi connectivity index (χ4n) is 2.51. The van der Waals surface area contributed by atoms with Gasteiger partial charge in [0.05, 0.1) is 11.8 Å². The summed E-state index contributed by atoms with van der Waals surface area (Å²) in [4.78, 5) is 23.6. The zero-order valence-electron chi connectivity index (χ0n) is 11.0. The lowest BCUT2D eigenvalue weighted by Crippen LogP contribution is -2.38. The fraction of sp³-hybridized carbons (Fsp3) is 0.333. The third-order valence-corrected chi connectivity index (χ3v) is 4.09. The molecule has 0 heterocycles. The van der Waals surface area contributed by atoms with E-state index < -0.39 is 17.8 Å². The summed E-state index contributed by atoms with van der Waals surface area (Å²) in [5.41, 5.74) is 0.670. The average molecular weight is 338 g/mol. The molecule has 0 bridgehead atoms.